The number of rotatable bonds is 7. The van der Waals surface area contributed by atoms with Gasteiger partial charge in [-0.1, -0.05) is 0 Å². The molecule has 0 saturated heterocycles. The highest BCUT2D eigenvalue weighted by Crippen LogP contribution is 2.28. The summed E-state index contributed by atoms with van der Waals surface area (Å²) in [6.45, 7) is 0. The van der Waals surface area contributed by atoms with Crippen molar-refractivity contribution in [1.29, 1.82) is 5.26 Å². The van der Waals surface area contributed by atoms with Crippen LogP contribution in [0.2, 0.25) is 0 Å². The Morgan fingerprint density at radius 1 is 1.00 bits per heavy atom. The molecule has 0 radical (unpaired) electrons. The molecule has 2 N–H and O–H groups in total. The lowest BCUT2D eigenvalue weighted by Gasteiger charge is -2.12. The minimum atomic E-state index is -0.293. The van der Waals surface area contributed by atoms with Gasteiger partial charge in [-0.25, -0.2) is 9.97 Å². The number of hydrogen-bond acceptors (Lipinski definition) is 8. The Labute approximate surface area is 196 Å². The highest BCUT2D eigenvalue weighted by atomic mass is 16.5. The molecule has 168 valence electrons. The van der Waals surface area contributed by atoms with Crippen molar-refractivity contribution in [3.8, 4) is 28.8 Å². The fraction of sp³-hybridized carbons (Fsp3) is 0.0800. The van der Waals surface area contributed by atoms with E-state index in [1.54, 1.807) is 68.0 Å². The van der Waals surface area contributed by atoms with Crippen LogP contribution in [0.3, 0.4) is 0 Å². The molecule has 0 atom stereocenters. The number of methoxy groups -OCH3 is 2. The number of carbonyl (C=O) groups is 1. The van der Waals surface area contributed by atoms with Crippen molar-refractivity contribution in [1.82, 2.24) is 15.0 Å². The molecule has 4 rings (SSSR count). The summed E-state index contributed by atoms with van der Waals surface area (Å²) in [6.07, 6.45) is 4.71. The van der Waals surface area contributed by atoms with Crippen LogP contribution in [0.25, 0.3) is 11.3 Å². The van der Waals surface area contributed by atoms with Crippen LogP contribution in [-0.4, -0.2) is 35.1 Å². The number of aromatic nitrogens is 3. The smallest absolute Gasteiger partial charge is 0.257 e. The van der Waals surface area contributed by atoms with Gasteiger partial charge in [-0.3, -0.25) is 9.78 Å². The van der Waals surface area contributed by atoms with E-state index in [0.717, 1.165) is 5.56 Å². The first-order valence-corrected chi connectivity index (χ1v) is 10.2. The van der Waals surface area contributed by atoms with E-state index in [0.29, 0.717) is 45.6 Å². The highest BCUT2D eigenvalue weighted by molar-refractivity contribution is 6.04. The summed E-state index contributed by atoms with van der Waals surface area (Å²) in [5.74, 6) is 1.08. The van der Waals surface area contributed by atoms with E-state index in [2.05, 4.69) is 31.7 Å². The maximum absolute atomic E-state index is 12.5. The standard InChI is InChI=1S/C25H20N6O3/c1-33-21-12-19(29-24(32)17-4-3-8-27-15-17)11-20(13-21)30-25-28-9-7-22(31-25)16-5-6-23(34-2)18(10-16)14-26/h3-13,15H,1-2H3,(H,29,32)(H,28,30,31). The quantitative estimate of drug-likeness (QED) is 0.422. The molecule has 9 nitrogen and oxygen atoms in total. The third-order valence-electron chi connectivity index (χ3n) is 4.85. The zero-order chi connectivity index (χ0) is 23.9. The van der Waals surface area contributed by atoms with Crippen molar-refractivity contribution >= 4 is 23.2 Å². The van der Waals surface area contributed by atoms with Crippen molar-refractivity contribution in [2.75, 3.05) is 24.9 Å². The number of pyridine rings is 1. The van der Waals surface area contributed by atoms with Gasteiger partial charge >= 0.3 is 0 Å². The Kier molecular flexibility index (Phi) is 6.60. The monoisotopic (exact) mass is 452 g/mol. The first kappa shape index (κ1) is 22.2. The molecule has 9 heteroatoms. The third kappa shape index (κ3) is 5.08. The second-order valence-electron chi connectivity index (χ2n) is 7.06. The number of ether oxygens (including phenoxy) is 2. The maximum Gasteiger partial charge on any atom is 0.257 e. The molecule has 2 aromatic carbocycles. The zero-order valence-electron chi connectivity index (χ0n) is 18.4. The number of nitrogens with one attached hydrogen (secondary N) is 2. The number of benzene rings is 2. The minimum absolute atomic E-state index is 0.293. The van der Waals surface area contributed by atoms with Crippen molar-refractivity contribution in [2.45, 2.75) is 0 Å². The average molecular weight is 452 g/mol. The molecular formula is C25H20N6O3. The Hall–Kier alpha value is -4.97. The molecule has 0 saturated carbocycles. The van der Waals surface area contributed by atoms with Crippen LogP contribution in [0.1, 0.15) is 15.9 Å². The van der Waals surface area contributed by atoms with Crippen LogP contribution in [0, 0.1) is 11.3 Å². The minimum Gasteiger partial charge on any atom is -0.497 e. The van der Waals surface area contributed by atoms with Gasteiger partial charge in [0.15, 0.2) is 0 Å². The molecule has 0 aliphatic carbocycles. The second-order valence-corrected chi connectivity index (χ2v) is 7.06. The molecule has 34 heavy (non-hydrogen) atoms. The molecule has 0 fully saturated rings. The van der Waals surface area contributed by atoms with Gasteiger partial charge in [0.25, 0.3) is 5.91 Å². The number of hydrogen-bond donors (Lipinski definition) is 2. The fourth-order valence-electron chi connectivity index (χ4n) is 3.23. The maximum atomic E-state index is 12.5. The lowest BCUT2D eigenvalue weighted by Crippen LogP contribution is -2.12. The average Bonchev–Trinajstić information content (AvgIpc) is 2.88. The first-order valence-electron chi connectivity index (χ1n) is 10.2. The van der Waals surface area contributed by atoms with Gasteiger partial charge in [0.1, 0.15) is 17.6 Å². The predicted molar refractivity (Wildman–Crippen MR) is 127 cm³/mol. The van der Waals surface area contributed by atoms with Gasteiger partial charge in [0, 0.05) is 47.7 Å². The number of amides is 1. The second kappa shape index (κ2) is 10.1. The fourth-order valence-corrected chi connectivity index (χ4v) is 3.23. The number of anilines is 3. The SMILES string of the molecule is COc1cc(NC(=O)c2cccnc2)cc(Nc2nccc(-c3ccc(OC)c(C#N)c3)n2)c1. The summed E-state index contributed by atoms with van der Waals surface area (Å²) in [4.78, 5) is 25.3. The molecule has 0 bridgehead atoms. The molecule has 1 amide bonds. The van der Waals surface area contributed by atoms with Gasteiger partial charge in [0.05, 0.1) is 31.0 Å². The Morgan fingerprint density at radius 2 is 1.85 bits per heavy atom. The molecule has 0 aliphatic heterocycles. The first-order chi connectivity index (χ1) is 16.6. The Morgan fingerprint density at radius 3 is 2.59 bits per heavy atom. The van der Waals surface area contributed by atoms with Crippen molar-refractivity contribution < 1.29 is 14.3 Å². The molecule has 0 aliphatic rings. The molecule has 0 unspecified atom stereocenters. The van der Waals surface area contributed by atoms with E-state index < -0.39 is 0 Å². The molecule has 2 aromatic heterocycles. The van der Waals surface area contributed by atoms with Crippen molar-refractivity contribution in [2.24, 2.45) is 0 Å². The highest BCUT2D eigenvalue weighted by Gasteiger charge is 2.11. The zero-order valence-corrected chi connectivity index (χ0v) is 18.4. The van der Waals surface area contributed by atoms with Crippen LogP contribution in [0.15, 0.2) is 73.2 Å². The predicted octanol–water partition coefficient (Wildman–Crippen LogP) is 4.42. The molecule has 0 spiro atoms. The van der Waals surface area contributed by atoms with Crippen LogP contribution in [0.5, 0.6) is 11.5 Å². The van der Waals surface area contributed by atoms with Gasteiger partial charge < -0.3 is 20.1 Å². The summed E-state index contributed by atoms with van der Waals surface area (Å²) >= 11 is 0. The van der Waals surface area contributed by atoms with Gasteiger partial charge in [-0.05, 0) is 42.5 Å². The van der Waals surface area contributed by atoms with Crippen LogP contribution >= 0.6 is 0 Å². The molecule has 2 heterocycles. The molecular weight excluding hydrogens is 432 g/mol. The van der Waals surface area contributed by atoms with Crippen LogP contribution < -0.4 is 20.1 Å². The summed E-state index contributed by atoms with van der Waals surface area (Å²) in [5.41, 5.74) is 3.37. The summed E-state index contributed by atoms with van der Waals surface area (Å²) < 4.78 is 10.6. The number of nitrogens with zero attached hydrogens (tertiary/aromatic N) is 4. The van der Waals surface area contributed by atoms with Crippen LogP contribution in [-0.2, 0) is 0 Å². The summed E-state index contributed by atoms with van der Waals surface area (Å²) in [5, 5.41) is 15.3. The third-order valence-corrected chi connectivity index (χ3v) is 4.85. The lowest BCUT2D eigenvalue weighted by atomic mass is 10.1. The van der Waals surface area contributed by atoms with Gasteiger partial charge in [-0.15, -0.1) is 0 Å². The lowest BCUT2D eigenvalue weighted by molar-refractivity contribution is 0.102. The Balaban J connectivity index is 1.59. The summed E-state index contributed by atoms with van der Waals surface area (Å²) in [7, 11) is 3.06. The van der Waals surface area contributed by atoms with E-state index in [9.17, 15) is 10.1 Å². The van der Waals surface area contributed by atoms with E-state index in [-0.39, 0.29) is 5.91 Å². The normalized spacial score (nSPS) is 10.1. The van der Waals surface area contributed by atoms with Gasteiger partial charge in [-0.2, -0.15) is 5.26 Å². The van der Waals surface area contributed by atoms with E-state index in [1.807, 2.05) is 6.07 Å². The van der Waals surface area contributed by atoms with Crippen molar-refractivity contribution in [3.63, 3.8) is 0 Å². The van der Waals surface area contributed by atoms with Crippen LogP contribution in [0.4, 0.5) is 17.3 Å². The number of carbonyl (C=O) groups excluding carboxylic acids is 1. The number of nitriles is 1. The van der Waals surface area contributed by atoms with E-state index in [4.69, 9.17) is 9.47 Å². The Bertz CT molecular complexity index is 1370. The molecule has 4 aromatic rings. The van der Waals surface area contributed by atoms with E-state index in [1.165, 1.54) is 13.3 Å². The summed E-state index contributed by atoms with van der Waals surface area (Å²) in [6, 6.07) is 17.7. The topological polar surface area (TPSA) is 122 Å². The largest absolute Gasteiger partial charge is 0.497 e. The van der Waals surface area contributed by atoms with Gasteiger partial charge in [0.2, 0.25) is 5.95 Å². The van der Waals surface area contributed by atoms with E-state index >= 15 is 0 Å². The van der Waals surface area contributed by atoms with Crippen molar-refractivity contribution in [3.05, 3.63) is 84.3 Å².